The number of benzene rings is 1. The van der Waals surface area contributed by atoms with Gasteiger partial charge in [-0.05, 0) is 38.3 Å². The maximum Gasteiger partial charge on any atom is 0.223 e. The number of hydrogen-bond donors (Lipinski definition) is 3. The Morgan fingerprint density at radius 2 is 1.83 bits per heavy atom. The fraction of sp³-hybridized carbons (Fsp3) is 0.529. The molecule has 0 aliphatic heterocycles. The molecule has 0 bridgehead atoms. The molecule has 1 saturated carbocycles. The third kappa shape index (κ3) is 5.79. The maximum absolute atomic E-state index is 13.6. The molecule has 1 amide bonds. The average molecular weight is 338 g/mol. The summed E-state index contributed by atoms with van der Waals surface area (Å²) in [4.78, 5) is 15.8. The first-order valence-electron chi connectivity index (χ1n) is 8.34. The molecule has 1 aliphatic rings. The van der Waals surface area contributed by atoms with Crippen molar-refractivity contribution in [1.82, 2.24) is 16.0 Å². The highest BCUT2D eigenvalue weighted by Gasteiger charge is 2.28. The largest absolute Gasteiger partial charge is 0.357 e. The molecule has 3 N–H and O–H groups in total. The van der Waals surface area contributed by atoms with E-state index in [1.165, 1.54) is 18.2 Å². The van der Waals surface area contributed by atoms with E-state index in [4.69, 9.17) is 0 Å². The SMILES string of the molecule is CCNC(=NCCc1c(F)cccc1F)NCCNC(=O)C1CC1. The van der Waals surface area contributed by atoms with Crippen molar-refractivity contribution in [3.63, 3.8) is 0 Å². The first-order chi connectivity index (χ1) is 11.6. The Morgan fingerprint density at radius 1 is 1.17 bits per heavy atom. The van der Waals surface area contributed by atoms with Crippen molar-refractivity contribution in [3.05, 3.63) is 35.4 Å². The number of nitrogens with one attached hydrogen (secondary N) is 3. The van der Waals surface area contributed by atoms with E-state index in [2.05, 4.69) is 20.9 Å². The Balaban J connectivity index is 1.76. The van der Waals surface area contributed by atoms with Gasteiger partial charge in [-0.1, -0.05) is 6.07 Å². The van der Waals surface area contributed by atoms with Crippen LogP contribution >= 0.6 is 0 Å². The highest BCUT2D eigenvalue weighted by molar-refractivity contribution is 5.81. The molecule has 1 fully saturated rings. The molecule has 0 saturated heterocycles. The number of amides is 1. The standard InChI is InChI=1S/C17H24F2N4O/c1-2-20-17(23-11-10-21-16(24)12-6-7-12)22-9-8-13-14(18)4-3-5-15(13)19/h3-5,12H,2,6-11H2,1H3,(H,21,24)(H2,20,22,23). The van der Waals surface area contributed by atoms with Gasteiger partial charge in [-0.15, -0.1) is 0 Å². The lowest BCUT2D eigenvalue weighted by Crippen LogP contribution is -2.41. The molecule has 5 nitrogen and oxygen atoms in total. The van der Waals surface area contributed by atoms with Crippen LogP contribution in [0.4, 0.5) is 8.78 Å². The molecule has 0 aromatic heterocycles. The molecule has 0 heterocycles. The number of nitrogens with zero attached hydrogens (tertiary/aromatic N) is 1. The van der Waals surface area contributed by atoms with E-state index >= 15 is 0 Å². The minimum absolute atomic E-state index is 0.0498. The second kappa shape index (κ2) is 9.20. The van der Waals surface area contributed by atoms with E-state index in [-0.39, 0.29) is 30.4 Å². The van der Waals surface area contributed by atoms with Crippen LogP contribution in [0.1, 0.15) is 25.3 Å². The second-order valence-electron chi connectivity index (χ2n) is 5.70. The maximum atomic E-state index is 13.6. The molecule has 24 heavy (non-hydrogen) atoms. The highest BCUT2D eigenvalue weighted by Crippen LogP contribution is 2.28. The fourth-order valence-electron chi connectivity index (χ4n) is 2.25. The Labute approximate surface area is 140 Å². The topological polar surface area (TPSA) is 65.5 Å². The molecule has 1 aromatic rings. The van der Waals surface area contributed by atoms with Crippen LogP contribution in [0, 0.1) is 17.6 Å². The third-order valence-electron chi connectivity index (χ3n) is 3.70. The fourth-order valence-corrected chi connectivity index (χ4v) is 2.25. The van der Waals surface area contributed by atoms with E-state index in [1.807, 2.05) is 6.92 Å². The highest BCUT2D eigenvalue weighted by atomic mass is 19.1. The van der Waals surface area contributed by atoms with E-state index in [0.717, 1.165) is 12.8 Å². The van der Waals surface area contributed by atoms with Gasteiger partial charge in [-0.2, -0.15) is 0 Å². The summed E-state index contributed by atoms with van der Waals surface area (Å²) in [6, 6.07) is 3.83. The Kier molecular flexibility index (Phi) is 6.96. The summed E-state index contributed by atoms with van der Waals surface area (Å²) >= 11 is 0. The number of carbonyl (C=O) groups excluding carboxylic acids is 1. The normalized spacial score (nSPS) is 14.4. The van der Waals surface area contributed by atoms with Crippen molar-refractivity contribution in [2.75, 3.05) is 26.2 Å². The number of hydrogen-bond acceptors (Lipinski definition) is 2. The quantitative estimate of drug-likeness (QED) is 0.383. The molecule has 0 radical (unpaired) electrons. The first kappa shape index (κ1) is 18.2. The Morgan fingerprint density at radius 3 is 2.46 bits per heavy atom. The third-order valence-corrected chi connectivity index (χ3v) is 3.70. The lowest BCUT2D eigenvalue weighted by molar-refractivity contribution is -0.122. The molecule has 0 atom stereocenters. The zero-order valence-corrected chi connectivity index (χ0v) is 13.9. The van der Waals surface area contributed by atoms with Crippen molar-refractivity contribution < 1.29 is 13.6 Å². The van der Waals surface area contributed by atoms with E-state index in [9.17, 15) is 13.6 Å². The minimum atomic E-state index is -0.550. The van der Waals surface area contributed by atoms with Crippen LogP contribution < -0.4 is 16.0 Å². The Bertz CT molecular complexity index is 568. The van der Waals surface area contributed by atoms with Gasteiger partial charge in [0.25, 0.3) is 0 Å². The van der Waals surface area contributed by atoms with E-state index in [0.29, 0.717) is 25.6 Å². The van der Waals surface area contributed by atoms with Crippen molar-refractivity contribution in [2.45, 2.75) is 26.2 Å². The van der Waals surface area contributed by atoms with Gasteiger partial charge in [-0.3, -0.25) is 9.79 Å². The predicted octanol–water partition coefficient (Wildman–Crippen LogP) is 1.59. The first-order valence-corrected chi connectivity index (χ1v) is 8.34. The predicted molar refractivity (Wildman–Crippen MR) is 89.8 cm³/mol. The summed E-state index contributed by atoms with van der Waals surface area (Å²) in [7, 11) is 0. The van der Waals surface area contributed by atoms with Crippen LogP contribution in [0.5, 0.6) is 0 Å². The summed E-state index contributed by atoms with van der Waals surface area (Å²) < 4.78 is 27.1. The minimum Gasteiger partial charge on any atom is -0.357 e. The van der Waals surface area contributed by atoms with Crippen LogP contribution in [0.3, 0.4) is 0 Å². The summed E-state index contributed by atoms with van der Waals surface area (Å²) in [5.41, 5.74) is 0.0498. The van der Waals surface area contributed by atoms with Gasteiger partial charge in [-0.25, -0.2) is 8.78 Å². The molecule has 0 spiro atoms. The smallest absolute Gasteiger partial charge is 0.223 e. The summed E-state index contributed by atoms with van der Waals surface area (Å²) in [6.07, 6.45) is 2.15. The van der Waals surface area contributed by atoms with Crippen molar-refractivity contribution in [2.24, 2.45) is 10.9 Å². The molecule has 1 aliphatic carbocycles. The van der Waals surface area contributed by atoms with Crippen molar-refractivity contribution in [1.29, 1.82) is 0 Å². The van der Waals surface area contributed by atoms with Gasteiger partial charge in [0.05, 0.1) is 0 Å². The zero-order valence-electron chi connectivity index (χ0n) is 13.9. The van der Waals surface area contributed by atoms with Crippen LogP contribution in [0.2, 0.25) is 0 Å². The zero-order chi connectivity index (χ0) is 17.4. The number of carbonyl (C=O) groups is 1. The lowest BCUT2D eigenvalue weighted by atomic mass is 10.1. The van der Waals surface area contributed by atoms with Crippen LogP contribution in [0.15, 0.2) is 23.2 Å². The van der Waals surface area contributed by atoms with Gasteiger partial charge in [0.2, 0.25) is 5.91 Å². The van der Waals surface area contributed by atoms with Crippen LogP contribution in [0.25, 0.3) is 0 Å². The Hall–Kier alpha value is -2.18. The molecule has 0 unspecified atom stereocenters. The van der Waals surface area contributed by atoms with Gasteiger partial charge in [0, 0.05) is 37.7 Å². The van der Waals surface area contributed by atoms with Crippen LogP contribution in [-0.2, 0) is 11.2 Å². The summed E-state index contributed by atoms with van der Waals surface area (Å²) in [5.74, 6) is -0.233. The van der Waals surface area contributed by atoms with Gasteiger partial charge >= 0.3 is 0 Å². The van der Waals surface area contributed by atoms with Gasteiger partial charge in [0.1, 0.15) is 11.6 Å². The number of halogens is 2. The lowest BCUT2D eigenvalue weighted by Gasteiger charge is -2.12. The molecular formula is C17H24F2N4O. The number of aliphatic imine (C=N–C) groups is 1. The van der Waals surface area contributed by atoms with Gasteiger partial charge in [0.15, 0.2) is 5.96 Å². The molecule has 7 heteroatoms. The van der Waals surface area contributed by atoms with Crippen molar-refractivity contribution >= 4 is 11.9 Å². The van der Waals surface area contributed by atoms with E-state index < -0.39 is 11.6 Å². The molecule has 1 aromatic carbocycles. The molecular weight excluding hydrogens is 314 g/mol. The molecule has 2 rings (SSSR count). The summed E-state index contributed by atoms with van der Waals surface area (Å²) in [5, 5.41) is 9.00. The monoisotopic (exact) mass is 338 g/mol. The average Bonchev–Trinajstić information content (AvgIpc) is 3.39. The molecule has 132 valence electrons. The van der Waals surface area contributed by atoms with Gasteiger partial charge < -0.3 is 16.0 Å². The van der Waals surface area contributed by atoms with Crippen LogP contribution in [-0.4, -0.2) is 38.0 Å². The summed E-state index contributed by atoms with van der Waals surface area (Å²) in [6.45, 7) is 3.93. The number of guanidine groups is 1. The van der Waals surface area contributed by atoms with Crippen molar-refractivity contribution in [3.8, 4) is 0 Å². The number of rotatable bonds is 8. The van der Waals surface area contributed by atoms with E-state index in [1.54, 1.807) is 0 Å². The second-order valence-corrected chi connectivity index (χ2v) is 5.70.